The van der Waals surface area contributed by atoms with Crippen LogP contribution in [0.4, 0.5) is 5.82 Å². The number of rotatable bonds is 4. The summed E-state index contributed by atoms with van der Waals surface area (Å²) in [5.41, 5.74) is 2.13. The fourth-order valence-corrected chi connectivity index (χ4v) is 2.67. The summed E-state index contributed by atoms with van der Waals surface area (Å²) in [4.78, 5) is 22.2. The first-order valence-corrected chi connectivity index (χ1v) is 7.64. The molecule has 1 aliphatic rings. The Morgan fingerprint density at radius 3 is 2.45 bits per heavy atom. The summed E-state index contributed by atoms with van der Waals surface area (Å²) in [6, 6.07) is 9.53. The highest BCUT2D eigenvalue weighted by molar-refractivity contribution is 5.87. The summed E-state index contributed by atoms with van der Waals surface area (Å²) in [6.07, 6.45) is 3.20. The summed E-state index contributed by atoms with van der Waals surface area (Å²) < 4.78 is 0. The first kappa shape index (κ1) is 14.5. The minimum atomic E-state index is -1.02. The molecule has 0 amide bonds. The Labute approximate surface area is 129 Å². The SMILES string of the molecule is CCc1ccc(-c2nc(C(=O)O)cc(N3CCCC3)n2)cc1. The Morgan fingerprint density at radius 1 is 1.18 bits per heavy atom. The first-order valence-electron chi connectivity index (χ1n) is 7.64. The van der Waals surface area contributed by atoms with Gasteiger partial charge in [-0.3, -0.25) is 0 Å². The van der Waals surface area contributed by atoms with Crippen molar-refractivity contribution in [2.45, 2.75) is 26.2 Å². The Balaban J connectivity index is 2.02. The largest absolute Gasteiger partial charge is 0.477 e. The van der Waals surface area contributed by atoms with Crippen LogP contribution in [0, 0.1) is 0 Å². The van der Waals surface area contributed by atoms with Gasteiger partial charge in [0.05, 0.1) is 0 Å². The molecule has 0 saturated carbocycles. The van der Waals surface area contributed by atoms with Crippen molar-refractivity contribution in [3.8, 4) is 11.4 Å². The molecule has 1 saturated heterocycles. The third-order valence-corrected chi connectivity index (χ3v) is 3.98. The highest BCUT2D eigenvalue weighted by Gasteiger charge is 2.18. The van der Waals surface area contributed by atoms with Crippen LogP contribution in [0.15, 0.2) is 30.3 Å². The molecule has 1 fully saturated rings. The van der Waals surface area contributed by atoms with E-state index in [9.17, 15) is 9.90 Å². The van der Waals surface area contributed by atoms with Crippen molar-refractivity contribution in [3.05, 3.63) is 41.6 Å². The van der Waals surface area contributed by atoms with E-state index >= 15 is 0 Å². The number of anilines is 1. The summed E-state index contributed by atoms with van der Waals surface area (Å²) in [5.74, 6) is 0.165. The van der Waals surface area contributed by atoms with Crippen LogP contribution in [0.3, 0.4) is 0 Å². The van der Waals surface area contributed by atoms with Crippen molar-refractivity contribution in [1.82, 2.24) is 9.97 Å². The van der Waals surface area contributed by atoms with Crippen LogP contribution in [-0.2, 0) is 6.42 Å². The van der Waals surface area contributed by atoms with Crippen LogP contribution < -0.4 is 4.90 Å². The van der Waals surface area contributed by atoms with E-state index in [-0.39, 0.29) is 5.69 Å². The van der Waals surface area contributed by atoms with E-state index in [1.54, 1.807) is 6.07 Å². The number of hydrogen-bond donors (Lipinski definition) is 1. The fraction of sp³-hybridized carbons (Fsp3) is 0.353. The monoisotopic (exact) mass is 297 g/mol. The molecule has 3 rings (SSSR count). The van der Waals surface area contributed by atoms with Gasteiger partial charge in [0.1, 0.15) is 5.82 Å². The van der Waals surface area contributed by atoms with Crippen LogP contribution in [0.25, 0.3) is 11.4 Å². The average molecular weight is 297 g/mol. The van der Waals surface area contributed by atoms with Crippen molar-refractivity contribution in [2.24, 2.45) is 0 Å². The smallest absolute Gasteiger partial charge is 0.354 e. The molecule has 0 radical (unpaired) electrons. The Kier molecular flexibility index (Phi) is 4.04. The number of aromatic nitrogens is 2. The summed E-state index contributed by atoms with van der Waals surface area (Å²) in [5, 5.41) is 9.30. The maximum Gasteiger partial charge on any atom is 0.354 e. The van der Waals surface area contributed by atoms with Gasteiger partial charge in [-0.1, -0.05) is 31.2 Å². The minimum Gasteiger partial charge on any atom is -0.477 e. The zero-order valence-corrected chi connectivity index (χ0v) is 12.6. The zero-order chi connectivity index (χ0) is 15.5. The van der Waals surface area contributed by atoms with Gasteiger partial charge in [-0.25, -0.2) is 14.8 Å². The molecule has 22 heavy (non-hydrogen) atoms. The van der Waals surface area contributed by atoms with Crippen LogP contribution in [0.2, 0.25) is 0 Å². The van der Waals surface area contributed by atoms with Gasteiger partial charge in [0.25, 0.3) is 0 Å². The number of carbonyl (C=O) groups is 1. The number of nitrogens with zero attached hydrogens (tertiary/aromatic N) is 3. The Hall–Kier alpha value is -2.43. The van der Waals surface area contributed by atoms with E-state index in [0.29, 0.717) is 11.6 Å². The summed E-state index contributed by atoms with van der Waals surface area (Å²) in [6.45, 7) is 3.94. The van der Waals surface area contributed by atoms with E-state index in [0.717, 1.165) is 37.9 Å². The number of carboxylic acid groups (broad SMARTS) is 1. The second-order valence-corrected chi connectivity index (χ2v) is 5.48. The van der Waals surface area contributed by atoms with E-state index in [4.69, 9.17) is 0 Å². The molecule has 0 atom stereocenters. The number of aryl methyl sites for hydroxylation is 1. The van der Waals surface area contributed by atoms with Gasteiger partial charge in [0, 0.05) is 24.7 Å². The summed E-state index contributed by atoms with van der Waals surface area (Å²) >= 11 is 0. The zero-order valence-electron chi connectivity index (χ0n) is 12.6. The molecule has 1 aliphatic heterocycles. The molecular formula is C17H19N3O2. The molecule has 0 spiro atoms. The van der Waals surface area contributed by atoms with Crippen molar-refractivity contribution < 1.29 is 9.90 Å². The van der Waals surface area contributed by atoms with E-state index < -0.39 is 5.97 Å². The Bertz CT molecular complexity index is 677. The molecule has 2 aromatic rings. The first-order chi connectivity index (χ1) is 10.7. The molecule has 0 bridgehead atoms. The predicted octanol–water partition coefficient (Wildman–Crippen LogP) is 3.00. The highest BCUT2D eigenvalue weighted by atomic mass is 16.4. The van der Waals surface area contributed by atoms with E-state index in [1.807, 2.05) is 24.3 Å². The van der Waals surface area contributed by atoms with Crippen molar-refractivity contribution in [2.75, 3.05) is 18.0 Å². The molecule has 1 N–H and O–H groups in total. The molecule has 2 heterocycles. The van der Waals surface area contributed by atoms with Gasteiger partial charge in [-0.2, -0.15) is 0 Å². The fourth-order valence-electron chi connectivity index (χ4n) is 2.67. The number of hydrogen-bond acceptors (Lipinski definition) is 4. The van der Waals surface area contributed by atoms with E-state index in [2.05, 4.69) is 21.8 Å². The lowest BCUT2D eigenvalue weighted by molar-refractivity contribution is 0.0690. The van der Waals surface area contributed by atoms with Crippen LogP contribution in [-0.4, -0.2) is 34.1 Å². The third kappa shape index (κ3) is 2.93. The van der Waals surface area contributed by atoms with Gasteiger partial charge in [-0.15, -0.1) is 0 Å². The summed E-state index contributed by atoms with van der Waals surface area (Å²) in [7, 11) is 0. The number of benzene rings is 1. The number of carboxylic acids is 1. The van der Waals surface area contributed by atoms with Gasteiger partial charge >= 0.3 is 5.97 Å². The third-order valence-electron chi connectivity index (χ3n) is 3.98. The molecule has 0 aliphatic carbocycles. The molecule has 0 unspecified atom stereocenters. The standard InChI is InChI=1S/C17H19N3O2/c1-2-12-5-7-13(8-6-12)16-18-14(17(21)22)11-15(19-16)20-9-3-4-10-20/h5-8,11H,2-4,9-10H2,1H3,(H,21,22). The molecule has 5 heteroatoms. The van der Waals surface area contributed by atoms with Crippen LogP contribution in [0.1, 0.15) is 35.8 Å². The lowest BCUT2D eigenvalue weighted by Gasteiger charge is -2.17. The Morgan fingerprint density at radius 2 is 1.86 bits per heavy atom. The van der Waals surface area contributed by atoms with Crippen molar-refractivity contribution in [3.63, 3.8) is 0 Å². The predicted molar refractivity (Wildman–Crippen MR) is 85.3 cm³/mol. The highest BCUT2D eigenvalue weighted by Crippen LogP contribution is 2.23. The van der Waals surface area contributed by atoms with Gasteiger partial charge in [-0.05, 0) is 24.8 Å². The van der Waals surface area contributed by atoms with E-state index in [1.165, 1.54) is 5.56 Å². The van der Waals surface area contributed by atoms with Gasteiger partial charge < -0.3 is 10.0 Å². The van der Waals surface area contributed by atoms with Crippen molar-refractivity contribution in [1.29, 1.82) is 0 Å². The maximum absolute atomic E-state index is 11.3. The molecular weight excluding hydrogens is 278 g/mol. The van der Waals surface area contributed by atoms with Crippen molar-refractivity contribution >= 4 is 11.8 Å². The second kappa shape index (κ2) is 6.13. The second-order valence-electron chi connectivity index (χ2n) is 5.48. The maximum atomic E-state index is 11.3. The normalized spacial score (nSPS) is 14.3. The minimum absolute atomic E-state index is 0.0477. The molecule has 114 valence electrons. The topological polar surface area (TPSA) is 66.3 Å². The molecule has 1 aromatic heterocycles. The molecule has 1 aromatic carbocycles. The average Bonchev–Trinajstić information content (AvgIpc) is 3.09. The number of aromatic carboxylic acids is 1. The van der Waals surface area contributed by atoms with Gasteiger partial charge in [0.15, 0.2) is 11.5 Å². The lowest BCUT2D eigenvalue weighted by Crippen LogP contribution is -2.20. The quantitative estimate of drug-likeness (QED) is 0.939. The van der Waals surface area contributed by atoms with Crippen LogP contribution in [0.5, 0.6) is 0 Å². The molecule has 5 nitrogen and oxygen atoms in total. The van der Waals surface area contributed by atoms with Gasteiger partial charge in [0.2, 0.25) is 0 Å². The van der Waals surface area contributed by atoms with Crippen LogP contribution >= 0.6 is 0 Å². The lowest BCUT2D eigenvalue weighted by atomic mass is 10.1.